The van der Waals surface area contributed by atoms with Crippen LogP contribution in [-0.4, -0.2) is 17.3 Å². The molecule has 2 nitrogen and oxygen atoms in total. The summed E-state index contributed by atoms with van der Waals surface area (Å²) < 4.78 is 0.957. The van der Waals surface area contributed by atoms with Crippen molar-refractivity contribution in [1.82, 2.24) is 0 Å². The van der Waals surface area contributed by atoms with Crippen LogP contribution in [0.3, 0.4) is 0 Å². The van der Waals surface area contributed by atoms with E-state index in [9.17, 15) is 4.79 Å². The van der Waals surface area contributed by atoms with Crippen LogP contribution < -0.4 is 0 Å². The molecule has 13 heavy (non-hydrogen) atoms. The van der Waals surface area contributed by atoms with Gasteiger partial charge < -0.3 is 5.11 Å². The lowest BCUT2D eigenvalue weighted by Gasteiger charge is -2.06. The number of halogens is 1. The van der Waals surface area contributed by atoms with Crippen LogP contribution in [0.1, 0.15) is 5.56 Å². The predicted molar refractivity (Wildman–Crippen MR) is 57.3 cm³/mol. The molecular formula is C9H9BrO2S. The standard InChI is InChI=1S/C9H9BrO2S/c1-13-9-6(5-8(11)12)3-2-4-7(9)10/h2-4H,5H2,1H3,(H,11,12). The lowest BCUT2D eigenvalue weighted by atomic mass is 10.1. The van der Waals surface area contributed by atoms with Crippen LogP contribution in [-0.2, 0) is 11.2 Å². The monoisotopic (exact) mass is 260 g/mol. The lowest BCUT2D eigenvalue weighted by molar-refractivity contribution is -0.136. The normalized spacial score (nSPS) is 10.0. The fourth-order valence-corrected chi connectivity index (χ4v) is 2.64. The molecule has 0 amide bonds. The molecule has 1 N–H and O–H groups in total. The summed E-state index contributed by atoms with van der Waals surface area (Å²) in [4.78, 5) is 11.5. The van der Waals surface area contributed by atoms with Gasteiger partial charge in [-0.05, 0) is 33.8 Å². The van der Waals surface area contributed by atoms with Gasteiger partial charge in [0.25, 0.3) is 0 Å². The number of carboxylic acids is 1. The minimum atomic E-state index is -0.798. The van der Waals surface area contributed by atoms with Crippen LogP contribution in [0.5, 0.6) is 0 Å². The largest absolute Gasteiger partial charge is 0.481 e. The third kappa shape index (κ3) is 2.74. The van der Waals surface area contributed by atoms with E-state index in [1.54, 1.807) is 11.8 Å². The van der Waals surface area contributed by atoms with Gasteiger partial charge in [0.15, 0.2) is 0 Å². The Labute approximate surface area is 89.5 Å². The Balaban J connectivity index is 3.05. The maximum Gasteiger partial charge on any atom is 0.307 e. The van der Waals surface area contributed by atoms with Crippen molar-refractivity contribution in [3.8, 4) is 0 Å². The number of benzene rings is 1. The van der Waals surface area contributed by atoms with Crippen molar-refractivity contribution in [2.45, 2.75) is 11.3 Å². The highest BCUT2D eigenvalue weighted by Gasteiger charge is 2.08. The smallest absolute Gasteiger partial charge is 0.307 e. The first-order valence-corrected chi connectivity index (χ1v) is 5.70. The first kappa shape index (κ1) is 10.6. The maximum absolute atomic E-state index is 10.5. The summed E-state index contributed by atoms with van der Waals surface area (Å²) in [6, 6.07) is 5.60. The topological polar surface area (TPSA) is 37.3 Å². The number of carbonyl (C=O) groups is 1. The van der Waals surface area contributed by atoms with Crippen LogP contribution in [0, 0.1) is 0 Å². The molecule has 4 heteroatoms. The van der Waals surface area contributed by atoms with Gasteiger partial charge >= 0.3 is 5.97 Å². The second-order valence-corrected chi connectivity index (χ2v) is 4.17. The summed E-state index contributed by atoms with van der Waals surface area (Å²) in [7, 11) is 0. The minimum absolute atomic E-state index is 0.0790. The molecule has 0 fully saturated rings. The van der Waals surface area contributed by atoms with Crippen molar-refractivity contribution in [3.63, 3.8) is 0 Å². The van der Waals surface area contributed by atoms with E-state index in [0.717, 1.165) is 14.9 Å². The van der Waals surface area contributed by atoms with Crippen LogP contribution in [0.2, 0.25) is 0 Å². The van der Waals surface area contributed by atoms with Crippen molar-refractivity contribution in [1.29, 1.82) is 0 Å². The molecule has 1 aromatic carbocycles. The molecule has 1 aromatic rings. The Morgan fingerprint density at radius 2 is 2.31 bits per heavy atom. The predicted octanol–water partition coefficient (Wildman–Crippen LogP) is 2.80. The van der Waals surface area contributed by atoms with Gasteiger partial charge in [-0.1, -0.05) is 12.1 Å². The highest BCUT2D eigenvalue weighted by Crippen LogP contribution is 2.29. The zero-order valence-corrected chi connectivity index (χ0v) is 9.48. The van der Waals surface area contributed by atoms with E-state index in [-0.39, 0.29) is 6.42 Å². The van der Waals surface area contributed by atoms with Gasteiger partial charge in [0.05, 0.1) is 6.42 Å². The van der Waals surface area contributed by atoms with E-state index in [2.05, 4.69) is 15.9 Å². The van der Waals surface area contributed by atoms with Gasteiger partial charge in [0.2, 0.25) is 0 Å². The van der Waals surface area contributed by atoms with Crippen molar-refractivity contribution in [3.05, 3.63) is 28.2 Å². The molecule has 0 aliphatic heterocycles. The molecule has 0 bridgehead atoms. The van der Waals surface area contributed by atoms with E-state index in [1.165, 1.54) is 0 Å². The molecule has 0 saturated heterocycles. The third-order valence-electron chi connectivity index (χ3n) is 1.59. The van der Waals surface area contributed by atoms with E-state index >= 15 is 0 Å². The Hall–Kier alpha value is -0.480. The number of rotatable bonds is 3. The van der Waals surface area contributed by atoms with Gasteiger partial charge in [-0.25, -0.2) is 0 Å². The fourth-order valence-electron chi connectivity index (χ4n) is 1.08. The van der Waals surface area contributed by atoms with Crippen LogP contribution in [0.4, 0.5) is 0 Å². The summed E-state index contributed by atoms with van der Waals surface area (Å²) in [6.45, 7) is 0. The van der Waals surface area contributed by atoms with Gasteiger partial charge in [0.1, 0.15) is 0 Å². The quantitative estimate of drug-likeness (QED) is 0.850. The van der Waals surface area contributed by atoms with Crippen LogP contribution in [0.25, 0.3) is 0 Å². The number of hydrogen-bond donors (Lipinski definition) is 1. The van der Waals surface area contributed by atoms with Gasteiger partial charge in [-0.15, -0.1) is 11.8 Å². The number of thioether (sulfide) groups is 1. The van der Waals surface area contributed by atoms with Crippen molar-refractivity contribution in [2.75, 3.05) is 6.26 Å². The molecule has 1 rings (SSSR count). The second-order valence-electron chi connectivity index (χ2n) is 2.50. The molecule has 0 aliphatic rings. The first-order valence-electron chi connectivity index (χ1n) is 3.68. The van der Waals surface area contributed by atoms with Gasteiger partial charge in [-0.2, -0.15) is 0 Å². The third-order valence-corrected chi connectivity index (χ3v) is 3.41. The zero-order valence-electron chi connectivity index (χ0n) is 7.08. The average Bonchev–Trinajstić information content (AvgIpc) is 2.03. The molecule has 70 valence electrons. The molecule has 0 aliphatic carbocycles. The van der Waals surface area contributed by atoms with E-state index in [4.69, 9.17) is 5.11 Å². The second kappa shape index (κ2) is 4.67. The Bertz CT molecular complexity index is 325. The first-order chi connectivity index (χ1) is 6.15. The summed E-state index contributed by atoms with van der Waals surface area (Å²) in [5, 5.41) is 8.65. The van der Waals surface area contributed by atoms with Crippen LogP contribution in [0.15, 0.2) is 27.6 Å². The minimum Gasteiger partial charge on any atom is -0.481 e. The summed E-state index contributed by atoms with van der Waals surface area (Å²) in [5.41, 5.74) is 0.856. The van der Waals surface area contributed by atoms with Crippen molar-refractivity contribution >= 4 is 33.7 Å². The van der Waals surface area contributed by atoms with E-state index < -0.39 is 5.97 Å². The number of carboxylic acid groups (broad SMARTS) is 1. The molecule has 0 unspecified atom stereocenters. The zero-order chi connectivity index (χ0) is 9.84. The maximum atomic E-state index is 10.5. The SMILES string of the molecule is CSc1c(Br)cccc1CC(=O)O. The Kier molecular flexibility index (Phi) is 3.81. The molecule has 0 atom stereocenters. The molecular weight excluding hydrogens is 252 g/mol. The molecule has 0 radical (unpaired) electrons. The van der Waals surface area contributed by atoms with Crippen LogP contribution >= 0.6 is 27.7 Å². The fraction of sp³-hybridized carbons (Fsp3) is 0.222. The summed E-state index contributed by atoms with van der Waals surface area (Å²) >= 11 is 4.94. The Morgan fingerprint density at radius 3 is 2.85 bits per heavy atom. The van der Waals surface area contributed by atoms with E-state index in [0.29, 0.717) is 0 Å². The van der Waals surface area contributed by atoms with Gasteiger partial charge in [0, 0.05) is 9.37 Å². The van der Waals surface area contributed by atoms with E-state index in [1.807, 2.05) is 24.5 Å². The number of hydrogen-bond acceptors (Lipinski definition) is 2. The molecule has 0 aromatic heterocycles. The highest BCUT2D eigenvalue weighted by atomic mass is 79.9. The molecule has 0 heterocycles. The number of aliphatic carboxylic acids is 1. The Morgan fingerprint density at radius 1 is 1.62 bits per heavy atom. The highest BCUT2D eigenvalue weighted by molar-refractivity contribution is 9.10. The molecule has 0 saturated carbocycles. The average molecular weight is 261 g/mol. The lowest BCUT2D eigenvalue weighted by Crippen LogP contribution is -2.01. The van der Waals surface area contributed by atoms with Crippen molar-refractivity contribution < 1.29 is 9.90 Å². The summed E-state index contributed by atoms with van der Waals surface area (Å²) in [5.74, 6) is -0.798. The van der Waals surface area contributed by atoms with Crippen molar-refractivity contribution in [2.24, 2.45) is 0 Å². The summed E-state index contributed by atoms with van der Waals surface area (Å²) in [6.07, 6.45) is 2.01. The molecule has 0 spiro atoms. The van der Waals surface area contributed by atoms with Gasteiger partial charge in [-0.3, -0.25) is 4.79 Å².